The van der Waals surface area contributed by atoms with Gasteiger partial charge in [0.05, 0.1) is 14.2 Å². The summed E-state index contributed by atoms with van der Waals surface area (Å²) in [4.78, 5) is 33.9. The fraction of sp³-hybridized carbons (Fsp3) is 0.500. The molecule has 0 atom stereocenters. The van der Waals surface area contributed by atoms with E-state index in [0.717, 1.165) is 25.7 Å². The van der Waals surface area contributed by atoms with Crippen molar-refractivity contribution in [2.24, 2.45) is 5.92 Å². The molecule has 0 spiro atoms. The number of anilines is 1. The first-order valence-electron chi connectivity index (χ1n) is 8.09. The first-order valence-corrected chi connectivity index (χ1v) is 8.09. The van der Waals surface area contributed by atoms with Crippen LogP contribution in [0.1, 0.15) is 43.6 Å². The Bertz CT molecular complexity index is 588. The second kappa shape index (κ2) is 8.47. The molecule has 0 unspecified atom stereocenters. The highest BCUT2D eigenvalue weighted by atomic mass is 16.5. The summed E-state index contributed by atoms with van der Waals surface area (Å²) in [5.41, 5.74) is 1.77. The number of hydrogen-bond donors (Lipinski definition) is 1. The zero-order chi connectivity index (χ0) is 17.5. The van der Waals surface area contributed by atoms with Crippen molar-refractivity contribution >= 4 is 23.5 Å². The van der Waals surface area contributed by atoms with Gasteiger partial charge in [-0.3, -0.25) is 9.59 Å². The van der Waals surface area contributed by atoms with Gasteiger partial charge in [-0.15, -0.1) is 0 Å². The van der Waals surface area contributed by atoms with Gasteiger partial charge in [-0.25, -0.2) is 4.79 Å². The van der Waals surface area contributed by atoms with E-state index in [1.54, 1.807) is 12.1 Å². The standard InChI is InChI=1S/C18H23NO5/c1-23-16(20)11-12-3-5-13(6-4-12)14-7-9-15(10-8-14)19-17(21)18(22)24-2/h7-10,12-13H,3-6,11H2,1-2H3,(H,19,21)/t12-,13-. The van der Waals surface area contributed by atoms with Crippen LogP contribution < -0.4 is 5.32 Å². The molecule has 0 aromatic heterocycles. The molecule has 130 valence electrons. The number of hydrogen-bond acceptors (Lipinski definition) is 5. The SMILES string of the molecule is COC(=O)C[C@H]1CC[C@H](c2ccc(NC(=O)C(=O)OC)cc2)CC1. The zero-order valence-corrected chi connectivity index (χ0v) is 14.0. The highest BCUT2D eigenvalue weighted by Crippen LogP contribution is 2.37. The smallest absolute Gasteiger partial charge is 0.396 e. The van der Waals surface area contributed by atoms with E-state index in [4.69, 9.17) is 4.74 Å². The Hall–Kier alpha value is -2.37. The molecule has 1 fully saturated rings. The van der Waals surface area contributed by atoms with Gasteiger partial charge in [0.15, 0.2) is 0 Å². The molecule has 0 saturated heterocycles. The molecule has 6 nitrogen and oxygen atoms in total. The number of amides is 1. The number of benzene rings is 1. The molecule has 2 rings (SSSR count). The van der Waals surface area contributed by atoms with Crippen LogP contribution in [-0.4, -0.2) is 32.1 Å². The largest absolute Gasteiger partial charge is 0.469 e. The molecule has 0 aliphatic heterocycles. The van der Waals surface area contributed by atoms with Gasteiger partial charge in [0.1, 0.15) is 0 Å². The van der Waals surface area contributed by atoms with Gasteiger partial charge >= 0.3 is 17.8 Å². The van der Waals surface area contributed by atoms with E-state index >= 15 is 0 Å². The van der Waals surface area contributed by atoms with E-state index in [2.05, 4.69) is 10.1 Å². The number of carbonyl (C=O) groups is 3. The summed E-state index contributed by atoms with van der Waals surface area (Å²) in [6.07, 6.45) is 4.61. The van der Waals surface area contributed by atoms with Crippen molar-refractivity contribution in [2.45, 2.75) is 38.0 Å². The third kappa shape index (κ3) is 4.81. The van der Waals surface area contributed by atoms with Crippen molar-refractivity contribution in [1.82, 2.24) is 0 Å². The van der Waals surface area contributed by atoms with Crippen LogP contribution in [0.15, 0.2) is 24.3 Å². The van der Waals surface area contributed by atoms with Gasteiger partial charge in [0.25, 0.3) is 0 Å². The fourth-order valence-electron chi connectivity index (χ4n) is 3.13. The topological polar surface area (TPSA) is 81.7 Å². The molecular weight excluding hydrogens is 310 g/mol. The Kier molecular flexibility index (Phi) is 6.35. The minimum Gasteiger partial charge on any atom is -0.469 e. The van der Waals surface area contributed by atoms with Gasteiger partial charge < -0.3 is 14.8 Å². The van der Waals surface area contributed by atoms with E-state index in [0.29, 0.717) is 23.9 Å². The van der Waals surface area contributed by atoms with Crippen molar-refractivity contribution < 1.29 is 23.9 Å². The highest BCUT2D eigenvalue weighted by molar-refractivity contribution is 6.37. The molecular formula is C18H23NO5. The summed E-state index contributed by atoms with van der Waals surface area (Å²) in [7, 11) is 2.59. The van der Waals surface area contributed by atoms with Crippen LogP contribution in [0.4, 0.5) is 5.69 Å². The maximum Gasteiger partial charge on any atom is 0.396 e. The monoisotopic (exact) mass is 333 g/mol. The molecule has 1 amide bonds. The van der Waals surface area contributed by atoms with Crippen molar-refractivity contribution in [1.29, 1.82) is 0 Å². The molecule has 1 saturated carbocycles. The molecule has 6 heteroatoms. The van der Waals surface area contributed by atoms with Gasteiger partial charge in [0.2, 0.25) is 0 Å². The van der Waals surface area contributed by atoms with E-state index < -0.39 is 11.9 Å². The summed E-state index contributed by atoms with van der Waals surface area (Å²) in [5.74, 6) is -0.961. The van der Waals surface area contributed by atoms with Gasteiger partial charge in [0, 0.05) is 12.1 Å². The quantitative estimate of drug-likeness (QED) is 0.676. The van der Waals surface area contributed by atoms with Crippen molar-refractivity contribution in [3.63, 3.8) is 0 Å². The van der Waals surface area contributed by atoms with E-state index in [1.165, 1.54) is 19.8 Å². The molecule has 1 aromatic carbocycles. The Labute approximate surface area is 141 Å². The zero-order valence-electron chi connectivity index (χ0n) is 14.0. The lowest BCUT2D eigenvalue weighted by Crippen LogP contribution is -2.23. The van der Waals surface area contributed by atoms with Crippen LogP contribution in [-0.2, 0) is 23.9 Å². The van der Waals surface area contributed by atoms with E-state index in [9.17, 15) is 14.4 Å². The second-order valence-electron chi connectivity index (χ2n) is 6.07. The van der Waals surface area contributed by atoms with Crippen LogP contribution in [0.5, 0.6) is 0 Å². The summed E-state index contributed by atoms with van der Waals surface area (Å²) in [6.45, 7) is 0. The van der Waals surface area contributed by atoms with Crippen LogP contribution in [0, 0.1) is 5.92 Å². The normalized spacial score (nSPS) is 20.1. The van der Waals surface area contributed by atoms with Crippen molar-refractivity contribution in [3.05, 3.63) is 29.8 Å². The van der Waals surface area contributed by atoms with Gasteiger partial charge in [-0.1, -0.05) is 12.1 Å². The molecule has 0 heterocycles. The number of nitrogens with one attached hydrogen (secondary N) is 1. The minimum atomic E-state index is -0.914. The molecule has 1 aliphatic carbocycles. The number of ether oxygens (including phenoxy) is 2. The molecule has 1 aromatic rings. The average molecular weight is 333 g/mol. The number of methoxy groups -OCH3 is 2. The molecule has 1 aliphatic rings. The number of carbonyl (C=O) groups excluding carboxylic acids is 3. The van der Waals surface area contributed by atoms with Crippen LogP contribution in [0.3, 0.4) is 0 Å². The predicted octanol–water partition coefficient (Wildman–Crippen LogP) is 2.64. The summed E-state index contributed by atoms with van der Waals surface area (Å²) in [5, 5.41) is 2.49. The first kappa shape index (κ1) is 18.0. The van der Waals surface area contributed by atoms with Gasteiger partial charge in [-0.2, -0.15) is 0 Å². The Balaban J connectivity index is 1.87. The lowest BCUT2D eigenvalue weighted by atomic mass is 9.77. The van der Waals surface area contributed by atoms with Gasteiger partial charge in [-0.05, 0) is 55.2 Å². The molecule has 0 bridgehead atoms. The van der Waals surface area contributed by atoms with Crippen LogP contribution in [0.2, 0.25) is 0 Å². The molecule has 24 heavy (non-hydrogen) atoms. The Morgan fingerprint density at radius 1 is 1.00 bits per heavy atom. The Morgan fingerprint density at radius 3 is 2.17 bits per heavy atom. The number of rotatable bonds is 4. The highest BCUT2D eigenvalue weighted by Gasteiger charge is 2.24. The lowest BCUT2D eigenvalue weighted by molar-refractivity contribution is -0.150. The summed E-state index contributed by atoms with van der Waals surface area (Å²) >= 11 is 0. The fourth-order valence-corrected chi connectivity index (χ4v) is 3.13. The Morgan fingerprint density at radius 2 is 1.62 bits per heavy atom. The maximum absolute atomic E-state index is 11.5. The second-order valence-corrected chi connectivity index (χ2v) is 6.07. The maximum atomic E-state index is 11.5. The van der Waals surface area contributed by atoms with Crippen LogP contribution in [0.25, 0.3) is 0 Å². The van der Waals surface area contributed by atoms with E-state index in [1.807, 2.05) is 12.1 Å². The summed E-state index contributed by atoms with van der Waals surface area (Å²) in [6, 6.07) is 7.52. The van der Waals surface area contributed by atoms with Crippen molar-refractivity contribution in [2.75, 3.05) is 19.5 Å². The lowest BCUT2D eigenvalue weighted by Gasteiger charge is -2.28. The number of esters is 2. The van der Waals surface area contributed by atoms with Crippen molar-refractivity contribution in [3.8, 4) is 0 Å². The summed E-state index contributed by atoms with van der Waals surface area (Å²) < 4.78 is 9.09. The average Bonchev–Trinajstić information content (AvgIpc) is 2.62. The molecule has 1 N–H and O–H groups in total. The third-order valence-electron chi connectivity index (χ3n) is 4.54. The van der Waals surface area contributed by atoms with Crippen LogP contribution >= 0.6 is 0 Å². The minimum absolute atomic E-state index is 0.135. The van der Waals surface area contributed by atoms with E-state index in [-0.39, 0.29) is 5.97 Å². The predicted molar refractivity (Wildman–Crippen MR) is 88.4 cm³/mol. The first-order chi connectivity index (χ1) is 11.5. The molecule has 0 radical (unpaired) electrons. The third-order valence-corrected chi connectivity index (χ3v) is 4.54.